The van der Waals surface area contributed by atoms with Crippen LogP contribution in [0.2, 0.25) is 0 Å². The third-order valence-corrected chi connectivity index (χ3v) is 6.00. The Morgan fingerprint density at radius 1 is 1.15 bits per heavy atom. The molecule has 3 aliphatic heterocycles. The number of hydrogen-bond acceptors (Lipinski definition) is 5. The van der Waals surface area contributed by atoms with Gasteiger partial charge in [-0.1, -0.05) is 24.3 Å². The SMILES string of the molecule is O=C(CN1Cc2ccccc2C1)N1CCc2nc([C@@H]3CCNC3)ncc2C1. The van der Waals surface area contributed by atoms with Crippen LogP contribution in [0.3, 0.4) is 0 Å². The lowest BCUT2D eigenvalue weighted by molar-refractivity contribution is -0.133. The number of nitrogens with one attached hydrogen (secondary N) is 1. The topological polar surface area (TPSA) is 61.4 Å². The number of carbonyl (C=O) groups excluding carboxylic acids is 1. The molecule has 1 atom stereocenters. The summed E-state index contributed by atoms with van der Waals surface area (Å²) in [6.45, 7) is 5.64. The van der Waals surface area contributed by atoms with Crippen molar-refractivity contribution in [3.05, 3.63) is 58.7 Å². The molecule has 1 amide bonds. The summed E-state index contributed by atoms with van der Waals surface area (Å²) in [5.41, 5.74) is 4.92. The second kappa shape index (κ2) is 7.02. The molecule has 6 nitrogen and oxygen atoms in total. The summed E-state index contributed by atoms with van der Waals surface area (Å²) in [6, 6.07) is 8.46. The number of benzene rings is 1. The summed E-state index contributed by atoms with van der Waals surface area (Å²) in [7, 11) is 0. The average molecular weight is 363 g/mol. The molecule has 4 heterocycles. The number of hydrogen-bond donors (Lipinski definition) is 1. The number of rotatable bonds is 3. The van der Waals surface area contributed by atoms with Gasteiger partial charge in [0.1, 0.15) is 5.82 Å². The van der Waals surface area contributed by atoms with Crippen LogP contribution < -0.4 is 5.32 Å². The van der Waals surface area contributed by atoms with Gasteiger partial charge in [0, 0.05) is 56.8 Å². The van der Waals surface area contributed by atoms with Crippen LogP contribution in [0.25, 0.3) is 0 Å². The Bertz CT molecular complexity index is 836. The lowest BCUT2D eigenvalue weighted by Gasteiger charge is -2.30. The molecule has 5 rings (SSSR count). The molecule has 1 aromatic heterocycles. The molecule has 27 heavy (non-hydrogen) atoms. The normalized spacial score (nSPS) is 21.9. The predicted octanol–water partition coefficient (Wildman–Crippen LogP) is 1.45. The van der Waals surface area contributed by atoms with Crippen LogP contribution in [0.4, 0.5) is 0 Å². The second-order valence-corrected chi connectivity index (χ2v) is 7.87. The van der Waals surface area contributed by atoms with Gasteiger partial charge in [-0.15, -0.1) is 0 Å². The summed E-state index contributed by atoms with van der Waals surface area (Å²) in [4.78, 5) is 26.4. The van der Waals surface area contributed by atoms with Crippen LogP contribution in [0.15, 0.2) is 30.5 Å². The molecule has 1 saturated heterocycles. The first kappa shape index (κ1) is 16.8. The highest BCUT2D eigenvalue weighted by Crippen LogP contribution is 2.24. The summed E-state index contributed by atoms with van der Waals surface area (Å²) in [6.07, 6.45) is 3.89. The van der Waals surface area contributed by atoms with Gasteiger partial charge in [0.2, 0.25) is 5.91 Å². The molecule has 0 saturated carbocycles. The van der Waals surface area contributed by atoms with Gasteiger partial charge < -0.3 is 10.2 Å². The van der Waals surface area contributed by atoms with E-state index < -0.39 is 0 Å². The molecule has 0 unspecified atom stereocenters. The van der Waals surface area contributed by atoms with Gasteiger partial charge in [-0.05, 0) is 24.1 Å². The number of fused-ring (bicyclic) bond motifs is 2. The fraction of sp³-hybridized carbons (Fsp3) is 0.476. The summed E-state index contributed by atoms with van der Waals surface area (Å²) in [5, 5.41) is 3.38. The van der Waals surface area contributed by atoms with Gasteiger partial charge in [0.05, 0.1) is 12.2 Å². The summed E-state index contributed by atoms with van der Waals surface area (Å²) >= 11 is 0. The first-order chi connectivity index (χ1) is 13.3. The zero-order valence-electron chi connectivity index (χ0n) is 15.5. The van der Waals surface area contributed by atoms with E-state index in [-0.39, 0.29) is 5.91 Å². The van der Waals surface area contributed by atoms with Crippen molar-refractivity contribution in [3.63, 3.8) is 0 Å². The van der Waals surface area contributed by atoms with Gasteiger partial charge in [0.25, 0.3) is 0 Å². The monoisotopic (exact) mass is 363 g/mol. The largest absolute Gasteiger partial charge is 0.337 e. The molecule has 2 aromatic rings. The van der Waals surface area contributed by atoms with Crippen molar-refractivity contribution in [2.24, 2.45) is 0 Å². The maximum absolute atomic E-state index is 12.8. The van der Waals surface area contributed by atoms with E-state index in [1.807, 2.05) is 11.1 Å². The van der Waals surface area contributed by atoms with E-state index in [0.29, 0.717) is 19.0 Å². The van der Waals surface area contributed by atoms with Gasteiger partial charge in [-0.3, -0.25) is 9.69 Å². The van der Waals surface area contributed by atoms with Crippen molar-refractivity contribution in [3.8, 4) is 0 Å². The smallest absolute Gasteiger partial charge is 0.237 e. The van der Waals surface area contributed by atoms with Crippen LogP contribution in [0.5, 0.6) is 0 Å². The van der Waals surface area contributed by atoms with Gasteiger partial charge >= 0.3 is 0 Å². The van der Waals surface area contributed by atoms with Crippen molar-refractivity contribution in [1.29, 1.82) is 0 Å². The van der Waals surface area contributed by atoms with Gasteiger partial charge in [-0.25, -0.2) is 9.97 Å². The zero-order valence-corrected chi connectivity index (χ0v) is 15.5. The van der Waals surface area contributed by atoms with Crippen molar-refractivity contribution >= 4 is 5.91 Å². The number of carbonyl (C=O) groups is 1. The average Bonchev–Trinajstić information content (AvgIpc) is 3.36. The minimum atomic E-state index is 0.206. The van der Waals surface area contributed by atoms with Crippen molar-refractivity contribution in [2.45, 2.75) is 38.4 Å². The molecule has 1 N–H and O–H groups in total. The third kappa shape index (κ3) is 3.35. The quantitative estimate of drug-likeness (QED) is 0.895. The number of aromatic nitrogens is 2. The Balaban J connectivity index is 1.22. The van der Waals surface area contributed by atoms with Crippen LogP contribution in [-0.4, -0.2) is 51.9 Å². The molecular formula is C21H25N5O. The highest BCUT2D eigenvalue weighted by Gasteiger charge is 2.27. The molecule has 140 valence electrons. The standard InChI is InChI=1S/C21H25N5O/c27-20(14-25-11-16-3-1-2-4-17(16)12-25)26-8-6-19-18(13-26)10-23-21(24-19)15-5-7-22-9-15/h1-4,10,15,22H,5-9,11-14H2/t15-/m1/s1. The molecule has 3 aliphatic rings. The van der Waals surface area contributed by atoms with E-state index in [4.69, 9.17) is 4.98 Å². The van der Waals surface area contributed by atoms with Crippen molar-refractivity contribution in [2.75, 3.05) is 26.2 Å². The Morgan fingerprint density at radius 2 is 1.96 bits per heavy atom. The number of nitrogens with zero attached hydrogens (tertiary/aromatic N) is 4. The Morgan fingerprint density at radius 3 is 2.70 bits per heavy atom. The fourth-order valence-corrected chi connectivity index (χ4v) is 4.42. The Kier molecular flexibility index (Phi) is 4.38. The van der Waals surface area contributed by atoms with E-state index in [9.17, 15) is 4.79 Å². The molecule has 0 aliphatic carbocycles. The summed E-state index contributed by atoms with van der Waals surface area (Å²) < 4.78 is 0. The van der Waals surface area contributed by atoms with E-state index in [1.165, 1.54) is 11.1 Å². The molecule has 6 heteroatoms. The van der Waals surface area contributed by atoms with Crippen LogP contribution in [0.1, 0.15) is 40.5 Å². The summed E-state index contributed by atoms with van der Waals surface area (Å²) in [5.74, 6) is 1.61. The molecule has 1 aromatic carbocycles. The Hall–Kier alpha value is -2.31. The maximum atomic E-state index is 12.8. The van der Waals surface area contributed by atoms with Crippen LogP contribution in [0, 0.1) is 0 Å². The molecule has 0 radical (unpaired) electrons. The second-order valence-electron chi connectivity index (χ2n) is 7.87. The first-order valence-corrected chi connectivity index (χ1v) is 9.88. The Labute approximate surface area is 159 Å². The lowest BCUT2D eigenvalue weighted by Crippen LogP contribution is -2.41. The fourth-order valence-electron chi connectivity index (χ4n) is 4.42. The first-order valence-electron chi connectivity index (χ1n) is 9.88. The minimum absolute atomic E-state index is 0.206. The van der Waals surface area contributed by atoms with Crippen LogP contribution in [-0.2, 0) is 30.8 Å². The lowest BCUT2D eigenvalue weighted by atomic mass is 10.0. The van der Waals surface area contributed by atoms with Crippen molar-refractivity contribution < 1.29 is 4.79 Å². The van der Waals surface area contributed by atoms with E-state index in [1.54, 1.807) is 0 Å². The van der Waals surface area contributed by atoms with Crippen molar-refractivity contribution in [1.82, 2.24) is 25.1 Å². The predicted molar refractivity (Wildman–Crippen MR) is 102 cm³/mol. The van der Waals surface area contributed by atoms with E-state index in [0.717, 1.165) is 62.6 Å². The zero-order chi connectivity index (χ0) is 18.2. The van der Waals surface area contributed by atoms with E-state index in [2.05, 4.69) is 39.5 Å². The molecule has 1 fully saturated rings. The molecule has 0 bridgehead atoms. The number of amides is 1. The highest BCUT2D eigenvalue weighted by molar-refractivity contribution is 5.78. The van der Waals surface area contributed by atoms with E-state index >= 15 is 0 Å². The molecule has 0 spiro atoms. The highest BCUT2D eigenvalue weighted by atomic mass is 16.2. The van der Waals surface area contributed by atoms with Crippen LogP contribution >= 0.6 is 0 Å². The van der Waals surface area contributed by atoms with Gasteiger partial charge in [0.15, 0.2) is 0 Å². The maximum Gasteiger partial charge on any atom is 0.237 e. The minimum Gasteiger partial charge on any atom is -0.337 e. The third-order valence-electron chi connectivity index (χ3n) is 6.00. The molecular weight excluding hydrogens is 338 g/mol. The van der Waals surface area contributed by atoms with Gasteiger partial charge in [-0.2, -0.15) is 0 Å².